The molecule has 2 fully saturated rings. The summed E-state index contributed by atoms with van der Waals surface area (Å²) in [5.41, 5.74) is 3.03. The molecule has 20 heavy (non-hydrogen) atoms. The summed E-state index contributed by atoms with van der Waals surface area (Å²) in [6.45, 7) is 7.92. The van der Waals surface area contributed by atoms with Crippen molar-refractivity contribution in [1.82, 2.24) is 5.32 Å². The van der Waals surface area contributed by atoms with Crippen LogP contribution in [0.25, 0.3) is 0 Å². The number of hydrogen-bond donors (Lipinski definition) is 1. The smallest absolute Gasteiger partial charge is 0.0348 e. The first-order valence-corrected chi connectivity index (χ1v) is 8.49. The standard InChI is InChI=1S/C19H29N/c1-4-20-19(18-11-16-10-17(16)12-18)15-7-5-6-14(9-15)8-13(2)3/h5-7,9,13,16-20H,4,8,10-12H2,1-3H3. The molecule has 1 aromatic carbocycles. The van der Waals surface area contributed by atoms with Gasteiger partial charge in [-0.05, 0) is 67.0 Å². The van der Waals surface area contributed by atoms with E-state index in [9.17, 15) is 0 Å². The van der Waals surface area contributed by atoms with Gasteiger partial charge in [-0.25, -0.2) is 0 Å². The van der Waals surface area contributed by atoms with Crippen LogP contribution in [0, 0.1) is 23.7 Å². The van der Waals surface area contributed by atoms with Gasteiger partial charge in [0.1, 0.15) is 0 Å². The highest BCUT2D eigenvalue weighted by molar-refractivity contribution is 5.27. The normalized spacial score (nSPS) is 29.5. The van der Waals surface area contributed by atoms with E-state index in [2.05, 4.69) is 50.4 Å². The first-order chi connectivity index (χ1) is 9.67. The van der Waals surface area contributed by atoms with Gasteiger partial charge in [-0.2, -0.15) is 0 Å². The molecule has 3 rings (SSSR count). The summed E-state index contributed by atoms with van der Waals surface area (Å²) in [4.78, 5) is 0. The van der Waals surface area contributed by atoms with Crippen LogP contribution in [0.2, 0.25) is 0 Å². The van der Waals surface area contributed by atoms with E-state index < -0.39 is 0 Å². The van der Waals surface area contributed by atoms with Crippen molar-refractivity contribution in [2.24, 2.45) is 23.7 Å². The van der Waals surface area contributed by atoms with Crippen LogP contribution in [0.3, 0.4) is 0 Å². The monoisotopic (exact) mass is 271 g/mol. The third-order valence-corrected chi connectivity index (χ3v) is 5.13. The van der Waals surface area contributed by atoms with Crippen molar-refractivity contribution in [1.29, 1.82) is 0 Å². The highest BCUT2D eigenvalue weighted by Gasteiger charge is 2.47. The van der Waals surface area contributed by atoms with Crippen LogP contribution < -0.4 is 5.32 Å². The summed E-state index contributed by atoms with van der Waals surface area (Å²) in [6.07, 6.45) is 5.62. The molecular formula is C19H29N. The summed E-state index contributed by atoms with van der Waals surface area (Å²) in [6, 6.07) is 9.92. The minimum absolute atomic E-state index is 0.583. The van der Waals surface area contributed by atoms with Crippen LogP contribution in [-0.2, 0) is 6.42 Å². The fraction of sp³-hybridized carbons (Fsp3) is 0.684. The Bertz CT molecular complexity index is 441. The van der Waals surface area contributed by atoms with Crippen molar-refractivity contribution >= 4 is 0 Å². The maximum atomic E-state index is 3.76. The van der Waals surface area contributed by atoms with Gasteiger partial charge in [0, 0.05) is 6.04 Å². The molecule has 1 N–H and O–H groups in total. The molecule has 0 heterocycles. The topological polar surface area (TPSA) is 12.0 Å². The molecule has 2 aliphatic rings. The molecule has 0 radical (unpaired) electrons. The second kappa shape index (κ2) is 5.89. The van der Waals surface area contributed by atoms with Crippen molar-refractivity contribution in [3.63, 3.8) is 0 Å². The largest absolute Gasteiger partial charge is 0.310 e. The van der Waals surface area contributed by atoms with E-state index in [4.69, 9.17) is 0 Å². The van der Waals surface area contributed by atoms with Gasteiger partial charge in [0.25, 0.3) is 0 Å². The number of nitrogens with one attached hydrogen (secondary N) is 1. The van der Waals surface area contributed by atoms with Crippen LogP contribution in [0.4, 0.5) is 0 Å². The lowest BCUT2D eigenvalue weighted by atomic mass is 9.87. The molecule has 2 aliphatic carbocycles. The van der Waals surface area contributed by atoms with Gasteiger partial charge in [0.05, 0.1) is 0 Å². The van der Waals surface area contributed by atoms with Gasteiger partial charge in [-0.3, -0.25) is 0 Å². The Morgan fingerprint density at radius 3 is 2.55 bits per heavy atom. The maximum Gasteiger partial charge on any atom is 0.0348 e. The third-order valence-electron chi connectivity index (χ3n) is 5.13. The van der Waals surface area contributed by atoms with Crippen LogP contribution in [0.15, 0.2) is 24.3 Å². The highest BCUT2D eigenvalue weighted by Crippen LogP contribution is 2.57. The molecule has 0 spiro atoms. The number of fused-ring (bicyclic) bond motifs is 1. The minimum atomic E-state index is 0.583. The molecule has 1 heteroatoms. The zero-order valence-corrected chi connectivity index (χ0v) is 13.2. The van der Waals surface area contributed by atoms with Crippen LogP contribution >= 0.6 is 0 Å². The lowest BCUT2D eigenvalue weighted by Crippen LogP contribution is -2.27. The summed E-state index contributed by atoms with van der Waals surface area (Å²) in [7, 11) is 0. The molecule has 110 valence electrons. The first kappa shape index (κ1) is 14.1. The molecule has 0 aromatic heterocycles. The van der Waals surface area contributed by atoms with E-state index in [0.717, 1.165) is 30.2 Å². The summed E-state index contributed by atoms with van der Waals surface area (Å²) in [5.74, 6) is 3.75. The van der Waals surface area contributed by atoms with Crippen molar-refractivity contribution in [2.75, 3.05) is 6.54 Å². The number of rotatable bonds is 6. The average Bonchev–Trinajstić information content (AvgIpc) is 3.02. The van der Waals surface area contributed by atoms with E-state index in [1.807, 2.05) is 0 Å². The van der Waals surface area contributed by atoms with Crippen molar-refractivity contribution in [3.05, 3.63) is 35.4 Å². The molecular weight excluding hydrogens is 242 g/mol. The van der Waals surface area contributed by atoms with Gasteiger partial charge in [-0.15, -0.1) is 0 Å². The van der Waals surface area contributed by atoms with Gasteiger partial charge < -0.3 is 5.32 Å². The average molecular weight is 271 g/mol. The highest BCUT2D eigenvalue weighted by atomic mass is 14.9. The minimum Gasteiger partial charge on any atom is -0.310 e. The zero-order chi connectivity index (χ0) is 14.1. The Morgan fingerprint density at radius 1 is 1.15 bits per heavy atom. The third kappa shape index (κ3) is 3.09. The second-order valence-corrected chi connectivity index (χ2v) is 7.37. The van der Waals surface area contributed by atoms with Crippen molar-refractivity contribution in [3.8, 4) is 0 Å². The van der Waals surface area contributed by atoms with E-state index in [0.29, 0.717) is 6.04 Å². The van der Waals surface area contributed by atoms with Gasteiger partial charge in [0.2, 0.25) is 0 Å². The van der Waals surface area contributed by atoms with Crippen LogP contribution in [0.1, 0.15) is 57.2 Å². The van der Waals surface area contributed by atoms with Crippen molar-refractivity contribution in [2.45, 2.75) is 52.5 Å². The molecule has 3 atom stereocenters. The molecule has 0 saturated heterocycles. The van der Waals surface area contributed by atoms with Gasteiger partial charge >= 0.3 is 0 Å². The fourth-order valence-corrected chi connectivity index (χ4v) is 4.20. The SMILES string of the molecule is CCNC(c1cccc(CC(C)C)c1)C1CC2CC2C1. The Hall–Kier alpha value is -0.820. The Morgan fingerprint density at radius 2 is 1.90 bits per heavy atom. The molecule has 0 aliphatic heterocycles. The maximum absolute atomic E-state index is 3.76. The number of hydrogen-bond acceptors (Lipinski definition) is 1. The van der Waals surface area contributed by atoms with Crippen molar-refractivity contribution < 1.29 is 0 Å². The molecule has 0 amide bonds. The van der Waals surface area contributed by atoms with Crippen LogP contribution in [0.5, 0.6) is 0 Å². The quantitative estimate of drug-likeness (QED) is 0.798. The molecule has 2 saturated carbocycles. The molecule has 3 unspecified atom stereocenters. The predicted molar refractivity (Wildman–Crippen MR) is 85.7 cm³/mol. The Kier molecular flexibility index (Phi) is 4.16. The van der Waals surface area contributed by atoms with Gasteiger partial charge in [0.15, 0.2) is 0 Å². The predicted octanol–water partition coefficient (Wildman–Crippen LogP) is 4.58. The zero-order valence-electron chi connectivity index (χ0n) is 13.2. The summed E-state index contributed by atoms with van der Waals surface area (Å²) >= 11 is 0. The van der Waals surface area contributed by atoms with E-state index in [1.165, 1.54) is 36.8 Å². The molecule has 1 nitrogen and oxygen atoms in total. The van der Waals surface area contributed by atoms with E-state index in [-0.39, 0.29) is 0 Å². The summed E-state index contributed by atoms with van der Waals surface area (Å²) in [5, 5.41) is 3.76. The van der Waals surface area contributed by atoms with Crippen LogP contribution in [-0.4, -0.2) is 6.54 Å². The number of benzene rings is 1. The fourth-order valence-electron chi connectivity index (χ4n) is 4.20. The lowest BCUT2D eigenvalue weighted by molar-refractivity contribution is 0.346. The molecule has 0 bridgehead atoms. The van der Waals surface area contributed by atoms with Gasteiger partial charge in [-0.1, -0.05) is 45.0 Å². The Balaban J connectivity index is 1.76. The summed E-state index contributed by atoms with van der Waals surface area (Å²) < 4.78 is 0. The first-order valence-electron chi connectivity index (χ1n) is 8.49. The van der Waals surface area contributed by atoms with E-state index in [1.54, 1.807) is 0 Å². The molecule has 1 aromatic rings. The Labute approximate surface area is 124 Å². The second-order valence-electron chi connectivity index (χ2n) is 7.37. The lowest BCUT2D eigenvalue weighted by Gasteiger charge is -2.26. The van der Waals surface area contributed by atoms with E-state index >= 15 is 0 Å².